The molecule has 0 atom stereocenters. The second kappa shape index (κ2) is 8.99. The Morgan fingerprint density at radius 3 is 2.32 bits per heavy atom. The van der Waals surface area contributed by atoms with Crippen LogP contribution in [0, 0.1) is 6.92 Å². The van der Waals surface area contributed by atoms with Crippen LogP contribution in [-0.2, 0) is 11.3 Å². The molecule has 0 aliphatic carbocycles. The predicted molar refractivity (Wildman–Crippen MR) is 109 cm³/mol. The van der Waals surface area contributed by atoms with E-state index < -0.39 is 0 Å². The zero-order valence-corrected chi connectivity index (χ0v) is 16.1. The summed E-state index contributed by atoms with van der Waals surface area (Å²) in [6.45, 7) is 4.80. The molecule has 6 heteroatoms. The number of hydrogen-bond donors (Lipinski definition) is 2. The van der Waals surface area contributed by atoms with Crippen LogP contribution in [0.4, 0.5) is 0 Å². The van der Waals surface area contributed by atoms with Crippen LogP contribution in [0.5, 0.6) is 0 Å². The van der Waals surface area contributed by atoms with E-state index in [9.17, 15) is 9.59 Å². The van der Waals surface area contributed by atoms with Crippen molar-refractivity contribution in [3.63, 3.8) is 0 Å². The van der Waals surface area contributed by atoms with Gasteiger partial charge in [-0.2, -0.15) is 5.10 Å². The molecule has 2 N–H and O–H groups in total. The lowest BCUT2D eigenvalue weighted by Gasteiger charge is -2.06. The fraction of sp³-hybridized carbons (Fsp3) is 0.227. The number of carbonyl (C=O) groups excluding carboxylic acids is 2. The molecule has 0 saturated heterocycles. The second-order valence-electron chi connectivity index (χ2n) is 6.68. The number of nitrogens with zero attached hydrogens (tertiary/aromatic N) is 2. The molecule has 3 aromatic rings. The van der Waals surface area contributed by atoms with E-state index >= 15 is 0 Å². The minimum Gasteiger partial charge on any atom is -0.355 e. The average molecular weight is 376 g/mol. The van der Waals surface area contributed by atoms with Crippen molar-refractivity contribution in [3.8, 4) is 11.3 Å². The molecule has 0 aliphatic heterocycles. The van der Waals surface area contributed by atoms with Gasteiger partial charge in [-0.25, -0.2) is 0 Å². The van der Waals surface area contributed by atoms with E-state index in [-0.39, 0.29) is 11.8 Å². The maximum absolute atomic E-state index is 12.7. The zero-order chi connectivity index (χ0) is 19.9. The quantitative estimate of drug-likeness (QED) is 0.623. The van der Waals surface area contributed by atoms with Crippen LogP contribution in [0.15, 0.2) is 60.8 Å². The summed E-state index contributed by atoms with van der Waals surface area (Å²) in [4.78, 5) is 23.7. The first-order valence-electron chi connectivity index (χ1n) is 9.24. The van der Waals surface area contributed by atoms with E-state index in [0.29, 0.717) is 30.9 Å². The molecular formula is C22H24N4O2. The van der Waals surface area contributed by atoms with E-state index in [1.54, 1.807) is 10.9 Å². The molecule has 0 aliphatic rings. The number of aryl methyl sites for hydroxylation is 1. The number of amides is 2. The van der Waals surface area contributed by atoms with Crippen molar-refractivity contribution in [2.24, 2.45) is 0 Å². The molecule has 0 spiro atoms. The van der Waals surface area contributed by atoms with Gasteiger partial charge in [0.1, 0.15) is 5.69 Å². The van der Waals surface area contributed by atoms with Crippen LogP contribution >= 0.6 is 0 Å². The molecule has 1 aromatic heterocycles. The van der Waals surface area contributed by atoms with E-state index in [2.05, 4.69) is 15.7 Å². The number of benzene rings is 2. The van der Waals surface area contributed by atoms with Crippen LogP contribution in [0.1, 0.15) is 28.4 Å². The van der Waals surface area contributed by atoms with Gasteiger partial charge in [-0.3, -0.25) is 14.3 Å². The second-order valence-corrected chi connectivity index (χ2v) is 6.68. The molecule has 0 saturated carbocycles. The highest BCUT2D eigenvalue weighted by atomic mass is 16.2. The average Bonchev–Trinajstić information content (AvgIpc) is 3.10. The van der Waals surface area contributed by atoms with Gasteiger partial charge >= 0.3 is 0 Å². The third kappa shape index (κ3) is 5.07. The van der Waals surface area contributed by atoms with Crippen molar-refractivity contribution in [2.75, 3.05) is 13.1 Å². The molecule has 3 rings (SSSR count). The first-order chi connectivity index (χ1) is 13.5. The number of hydrogen-bond acceptors (Lipinski definition) is 3. The number of nitrogens with one attached hydrogen (secondary N) is 2. The molecule has 6 nitrogen and oxygen atoms in total. The Balaban J connectivity index is 1.84. The van der Waals surface area contributed by atoms with Crippen LogP contribution in [0.25, 0.3) is 11.3 Å². The summed E-state index contributed by atoms with van der Waals surface area (Å²) in [5.74, 6) is -0.328. The summed E-state index contributed by atoms with van der Waals surface area (Å²) in [5, 5.41) is 10.2. The monoisotopic (exact) mass is 376 g/mol. The smallest absolute Gasteiger partial charge is 0.255 e. The molecule has 1 heterocycles. The Morgan fingerprint density at radius 1 is 0.964 bits per heavy atom. The lowest BCUT2D eigenvalue weighted by molar-refractivity contribution is -0.118. The van der Waals surface area contributed by atoms with Crippen molar-refractivity contribution in [3.05, 3.63) is 77.5 Å². The van der Waals surface area contributed by atoms with E-state index in [1.165, 1.54) is 6.92 Å². The van der Waals surface area contributed by atoms with Crippen molar-refractivity contribution in [2.45, 2.75) is 20.4 Å². The first kappa shape index (κ1) is 19.4. The SMILES string of the molecule is CC(=O)NCCNC(=O)c1cn(Cc2ccccc2)nc1-c1ccc(C)cc1. The van der Waals surface area contributed by atoms with Crippen molar-refractivity contribution < 1.29 is 9.59 Å². The third-order valence-electron chi connectivity index (χ3n) is 4.30. The Morgan fingerprint density at radius 2 is 1.64 bits per heavy atom. The normalized spacial score (nSPS) is 10.5. The zero-order valence-electron chi connectivity index (χ0n) is 16.1. The fourth-order valence-corrected chi connectivity index (χ4v) is 2.87. The van der Waals surface area contributed by atoms with Gasteiger partial charge in [-0.1, -0.05) is 60.2 Å². The lowest BCUT2D eigenvalue weighted by atomic mass is 10.1. The van der Waals surface area contributed by atoms with E-state index in [0.717, 1.165) is 16.7 Å². The Kier molecular flexibility index (Phi) is 6.22. The van der Waals surface area contributed by atoms with Gasteiger partial charge in [0.2, 0.25) is 5.91 Å². The summed E-state index contributed by atoms with van der Waals surface area (Å²) in [5.41, 5.74) is 4.31. The van der Waals surface area contributed by atoms with Gasteiger partial charge < -0.3 is 10.6 Å². The van der Waals surface area contributed by atoms with Crippen LogP contribution in [0.2, 0.25) is 0 Å². The van der Waals surface area contributed by atoms with Crippen molar-refractivity contribution >= 4 is 11.8 Å². The molecular weight excluding hydrogens is 352 g/mol. The summed E-state index contributed by atoms with van der Waals surface area (Å²) in [7, 11) is 0. The van der Waals surface area contributed by atoms with Crippen molar-refractivity contribution in [1.29, 1.82) is 0 Å². The standard InChI is InChI=1S/C22H24N4O2/c1-16-8-10-19(11-9-16)21-20(22(28)24-13-12-23-17(2)27)15-26(25-21)14-18-6-4-3-5-7-18/h3-11,15H,12-14H2,1-2H3,(H,23,27)(H,24,28). The first-order valence-corrected chi connectivity index (χ1v) is 9.24. The largest absolute Gasteiger partial charge is 0.355 e. The third-order valence-corrected chi connectivity index (χ3v) is 4.30. The molecule has 2 amide bonds. The molecule has 28 heavy (non-hydrogen) atoms. The Labute approximate surface area is 164 Å². The number of rotatable bonds is 7. The Hall–Kier alpha value is -3.41. The summed E-state index contributed by atoms with van der Waals surface area (Å²) in [6, 6.07) is 17.9. The molecule has 0 radical (unpaired) electrons. The van der Waals surface area contributed by atoms with Gasteiger partial charge in [0, 0.05) is 31.8 Å². The minimum atomic E-state index is -0.208. The Bertz CT molecular complexity index is 946. The lowest BCUT2D eigenvalue weighted by Crippen LogP contribution is -2.33. The van der Waals surface area contributed by atoms with Gasteiger partial charge in [0.05, 0.1) is 12.1 Å². The molecule has 0 bridgehead atoms. The van der Waals surface area contributed by atoms with Gasteiger partial charge in [0.25, 0.3) is 5.91 Å². The number of aromatic nitrogens is 2. The summed E-state index contributed by atoms with van der Waals surface area (Å²) in [6.07, 6.45) is 1.77. The molecule has 144 valence electrons. The molecule has 2 aromatic carbocycles. The summed E-state index contributed by atoms with van der Waals surface area (Å²) < 4.78 is 1.78. The van der Waals surface area contributed by atoms with E-state index in [4.69, 9.17) is 0 Å². The van der Waals surface area contributed by atoms with Crippen LogP contribution in [0.3, 0.4) is 0 Å². The highest BCUT2D eigenvalue weighted by Gasteiger charge is 2.18. The molecule has 0 fully saturated rings. The fourth-order valence-electron chi connectivity index (χ4n) is 2.87. The minimum absolute atomic E-state index is 0.120. The predicted octanol–water partition coefficient (Wildman–Crippen LogP) is 2.77. The molecule has 0 unspecified atom stereocenters. The highest BCUT2D eigenvalue weighted by Crippen LogP contribution is 2.23. The highest BCUT2D eigenvalue weighted by molar-refractivity contribution is 5.99. The number of carbonyl (C=O) groups is 2. The van der Waals surface area contributed by atoms with Gasteiger partial charge in [-0.15, -0.1) is 0 Å². The van der Waals surface area contributed by atoms with E-state index in [1.807, 2.05) is 61.5 Å². The van der Waals surface area contributed by atoms with Crippen molar-refractivity contribution in [1.82, 2.24) is 20.4 Å². The maximum Gasteiger partial charge on any atom is 0.255 e. The topological polar surface area (TPSA) is 76.0 Å². The van der Waals surface area contributed by atoms with Gasteiger partial charge in [-0.05, 0) is 12.5 Å². The van der Waals surface area contributed by atoms with Crippen LogP contribution in [-0.4, -0.2) is 34.7 Å². The van der Waals surface area contributed by atoms with Gasteiger partial charge in [0.15, 0.2) is 0 Å². The van der Waals surface area contributed by atoms with Crippen LogP contribution < -0.4 is 10.6 Å². The summed E-state index contributed by atoms with van der Waals surface area (Å²) >= 11 is 0. The maximum atomic E-state index is 12.7.